The van der Waals surface area contributed by atoms with E-state index in [2.05, 4.69) is 0 Å². The molecule has 0 atom stereocenters. The Hall–Kier alpha value is -1.44. The molecule has 0 radical (unpaired) electrons. The van der Waals surface area contributed by atoms with E-state index >= 15 is 0 Å². The molecule has 1 aliphatic rings. The maximum absolute atomic E-state index is 12.7. The number of nitrogens with zero attached hydrogens (tertiary/aromatic N) is 1. The Balaban J connectivity index is 2.37. The molecule has 0 amide bonds. The Bertz CT molecular complexity index is 620. The van der Waals surface area contributed by atoms with E-state index in [0.29, 0.717) is 31.9 Å². The third kappa shape index (κ3) is 3.42. The lowest BCUT2D eigenvalue weighted by Gasteiger charge is -2.26. The van der Waals surface area contributed by atoms with Gasteiger partial charge in [-0.2, -0.15) is 4.31 Å². The van der Waals surface area contributed by atoms with E-state index in [1.165, 1.54) is 10.4 Å². The first-order valence-corrected chi connectivity index (χ1v) is 8.26. The predicted octanol–water partition coefficient (Wildman–Crippen LogP) is 1.19. The summed E-state index contributed by atoms with van der Waals surface area (Å²) in [6, 6.07) is 4.59. The summed E-state index contributed by atoms with van der Waals surface area (Å²) < 4.78 is 36.8. The zero-order valence-corrected chi connectivity index (χ0v) is 13.0. The molecule has 0 unspecified atom stereocenters. The highest BCUT2D eigenvalue weighted by atomic mass is 32.2. The lowest BCUT2D eigenvalue weighted by Crippen LogP contribution is -2.40. The highest BCUT2D eigenvalue weighted by Gasteiger charge is 2.28. The van der Waals surface area contributed by atoms with Crippen LogP contribution in [0.1, 0.15) is 22.8 Å². The number of esters is 1. The minimum absolute atomic E-state index is 0.148. The van der Waals surface area contributed by atoms with Crippen LogP contribution >= 0.6 is 0 Å². The number of benzene rings is 1. The van der Waals surface area contributed by atoms with Crippen molar-refractivity contribution >= 4 is 16.0 Å². The van der Waals surface area contributed by atoms with Crippen molar-refractivity contribution in [2.45, 2.75) is 18.7 Å². The number of hydrogen-bond donors (Lipinski definition) is 0. The summed E-state index contributed by atoms with van der Waals surface area (Å²) in [6.07, 6.45) is 0. The molecule has 1 saturated heterocycles. The monoisotopic (exact) mass is 313 g/mol. The van der Waals surface area contributed by atoms with E-state index < -0.39 is 16.0 Å². The van der Waals surface area contributed by atoms with Crippen LogP contribution in [0.5, 0.6) is 0 Å². The fourth-order valence-corrected chi connectivity index (χ4v) is 3.80. The van der Waals surface area contributed by atoms with E-state index in [4.69, 9.17) is 9.47 Å². The van der Waals surface area contributed by atoms with Gasteiger partial charge >= 0.3 is 5.97 Å². The maximum Gasteiger partial charge on any atom is 0.338 e. The molecule has 1 aromatic carbocycles. The van der Waals surface area contributed by atoms with E-state index in [1.807, 2.05) is 0 Å². The molecule has 1 aliphatic heterocycles. The van der Waals surface area contributed by atoms with E-state index in [-0.39, 0.29) is 17.1 Å². The van der Waals surface area contributed by atoms with Gasteiger partial charge in [0, 0.05) is 13.1 Å². The second kappa shape index (κ2) is 6.55. The summed E-state index contributed by atoms with van der Waals surface area (Å²) in [5.74, 6) is -0.518. The van der Waals surface area contributed by atoms with Gasteiger partial charge in [-0.15, -0.1) is 0 Å². The average molecular weight is 313 g/mol. The van der Waals surface area contributed by atoms with Gasteiger partial charge in [-0.3, -0.25) is 0 Å². The van der Waals surface area contributed by atoms with Crippen LogP contribution in [-0.4, -0.2) is 51.6 Å². The number of carbonyl (C=O) groups is 1. The minimum Gasteiger partial charge on any atom is -0.462 e. The zero-order chi connectivity index (χ0) is 15.5. The first-order valence-electron chi connectivity index (χ1n) is 6.82. The number of carbonyl (C=O) groups excluding carboxylic acids is 1. The Kier molecular flexibility index (Phi) is 4.97. The van der Waals surface area contributed by atoms with Crippen LogP contribution in [0.4, 0.5) is 0 Å². The summed E-state index contributed by atoms with van der Waals surface area (Å²) in [5, 5.41) is 0. The predicted molar refractivity (Wildman–Crippen MR) is 76.7 cm³/mol. The summed E-state index contributed by atoms with van der Waals surface area (Å²) in [6.45, 7) is 5.08. The second-order valence-corrected chi connectivity index (χ2v) is 6.62. The van der Waals surface area contributed by atoms with Crippen molar-refractivity contribution < 1.29 is 22.7 Å². The normalized spacial score (nSPS) is 16.7. The third-order valence-corrected chi connectivity index (χ3v) is 5.33. The Morgan fingerprint density at radius 2 is 2.00 bits per heavy atom. The smallest absolute Gasteiger partial charge is 0.338 e. The van der Waals surface area contributed by atoms with Gasteiger partial charge in [-0.05, 0) is 31.5 Å². The molecule has 7 heteroatoms. The van der Waals surface area contributed by atoms with Crippen molar-refractivity contribution in [3.63, 3.8) is 0 Å². The second-order valence-electron chi connectivity index (χ2n) is 4.72. The van der Waals surface area contributed by atoms with Gasteiger partial charge < -0.3 is 9.47 Å². The van der Waals surface area contributed by atoms with Crippen LogP contribution in [0.3, 0.4) is 0 Å². The van der Waals surface area contributed by atoms with Gasteiger partial charge in [-0.1, -0.05) is 6.07 Å². The Morgan fingerprint density at radius 3 is 2.62 bits per heavy atom. The number of ether oxygens (including phenoxy) is 2. The summed E-state index contributed by atoms with van der Waals surface area (Å²) >= 11 is 0. The third-order valence-electron chi connectivity index (χ3n) is 3.29. The molecule has 0 saturated carbocycles. The lowest BCUT2D eigenvalue weighted by molar-refractivity contribution is 0.0526. The van der Waals surface area contributed by atoms with Crippen LogP contribution < -0.4 is 0 Å². The largest absolute Gasteiger partial charge is 0.462 e. The number of hydrogen-bond acceptors (Lipinski definition) is 5. The first-order chi connectivity index (χ1) is 9.96. The summed E-state index contributed by atoms with van der Waals surface area (Å²) in [7, 11) is -3.62. The zero-order valence-electron chi connectivity index (χ0n) is 12.2. The van der Waals surface area contributed by atoms with Gasteiger partial charge in [0.15, 0.2) is 0 Å². The van der Waals surface area contributed by atoms with E-state index in [0.717, 1.165) is 0 Å². The van der Waals surface area contributed by atoms with Crippen LogP contribution in [0.25, 0.3) is 0 Å². The van der Waals surface area contributed by atoms with Crippen LogP contribution in [0.2, 0.25) is 0 Å². The molecule has 21 heavy (non-hydrogen) atoms. The molecular formula is C14H19NO5S. The van der Waals surface area contributed by atoms with Crippen molar-refractivity contribution in [2.24, 2.45) is 0 Å². The van der Waals surface area contributed by atoms with Crippen LogP contribution in [0.15, 0.2) is 23.1 Å². The molecule has 2 rings (SSSR count). The highest BCUT2D eigenvalue weighted by molar-refractivity contribution is 7.89. The molecule has 0 aliphatic carbocycles. The van der Waals surface area contributed by atoms with Crippen LogP contribution in [0, 0.1) is 6.92 Å². The molecule has 0 aromatic heterocycles. The SMILES string of the molecule is CCOC(=O)c1ccc(C)c(S(=O)(=O)N2CCOCC2)c1. The minimum atomic E-state index is -3.62. The summed E-state index contributed by atoms with van der Waals surface area (Å²) in [4.78, 5) is 11.9. The van der Waals surface area contributed by atoms with Crippen molar-refractivity contribution in [1.82, 2.24) is 4.31 Å². The van der Waals surface area contributed by atoms with Crippen LogP contribution in [-0.2, 0) is 19.5 Å². The van der Waals surface area contributed by atoms with Gasteiger partial charge in [-0.25, -0.2) is 13.2 Å². The number of sulfonamides is 1. The standard InChI is InChI=1S/C14H19NO5S/c1-3-20-14(16)12-5-4-11(2)13(10-12)21(17,18)15-6-8-19-9-7-15/h4-5,10H,3,6-9H2,1-2H3. The first kappa shape index (κ1) is 15.9. The highest BCUT2D eigenvalue weighted by Crippen LogP contribution is 2.22. The molecule has 116 valence electrons. The summed E-state index contributed by atoms with van der Waals surface area (Å²) in [5.41, 5.74) is 0.851. The molecule has 0 N–H and O–H groups in total. The number of rotatable bonds is 4. The van der Waals surface area contributed by atoms with Crippen molar-refractivity contribution in [1.29, 1.82) is 0 Å². The fraction of sp³-hybridized carbons (Fsp3) is 0.500. The topological polar surface area (TPSA) is 72.9 Å². The van der Waals surface area contributed by atoms with Gasteiger partial charge in [0.1, 0.15) is 0 Å². The maximum atomic E-state index is 12.7. The molecule has 0 spiro atoms. The van der Waals surface area contributed by atoms with Crippen molar-refractivity contribution in [2.75, 3.05) is 32.9 Å². The quantitative estimate of drug-likeness (QED) is 0.781. The number of morpholine rings is 1. The molecule has 6 nitrogen and oxygen atoms in total. The van der Waals surface area contributed by atoms with Crippen molar-refractivity contribution in [3.8, 4) is 0 Å². The molecule has 1 fully saturated rings. The van der Waals surface area contributed by atoms with E-state index in [1.54, 1.807) is 26.0 Å². The number of aryl methyl sites for hydroxylation is 1. The van der Waals surface area contributed by atoms with Gasteiger partial charge in [0.05, 0.1) is 30.3 Å². The van der Waals surface area contributed by atoms with Gasteiger partial charge in [0.2, 0.25) is 10.0 Å². The molecule has 0 bridgehead atoms. The van der Waals surface area contributed by atoms with Crippen molar-refractivity contribution in [3.05, 3.63) is 29.3 Å². The molecule has 1 aromatic rings. The molecular weight excluding hydrogens is 294 g/mol. The average Bonchev–Trinajstić information content (AvgIpc) is 2.48. The Labute approximate surface area is 124 Å². The lowest BCUT2D eigenvalue weighted by atomic mass is 10.1. The molecule has 1 heterocycles. The van der Waals surface area contributed by atoms with Gasteiger partial charge in [0.25, 0.3) is 0 Å². The Morgan fingerprint density at radius 1 is 1.33 bits per heavy atom. The fourth-order valence-electron chi connectivity index (χ4n) is 2.15. The van der Waals surface area contributed by atoms with E-state index in [9.17, 15) is 13.2 Å².